The minimum absolute atomic E-state index is 0.175. The van der Waals surface area contributed by atoms with Crippen molar-refractivity contribution in [2.75, 3.05) is 0 Å². The van der Waals surface area contributed by atoms with Crippen LogP contribution in [0.2, 0.25) is 0 Å². The number of rotatable bonds is 6. The summed E-state index contributed by atoms with van der Waals surface area (Å²) in [4.78, 5) is 0.460. The van der Waals surface area contributed by atoms with Crippen LogP contribution in [0.5, 0.6) is 28.7 Å². The lowest BCUT2D eigenvalue weighted by Crippen LogP contribution is -2.01. The summed E-state index contributed by atoms with van der Waals surface area (Å²) in [6.45, 7) is 0. The van der Waals surface area contributed by atoms with Gasteiger partial charge >= 0.3 is 0 Å². The third-order valence-electron chi connectivity index (χ3n) is 4.32. The topological polar surface area (TPSA) is 72.8 Å². The van der Waals surface area contributed by atoms with Crippen molar-refractivity contribution in [2.24, 2.45) is 0 Å². The Labute approximate surface area is 174 Å². The summed E-state index contributed by atoms with van der Waals surface area (Å²) in [5, 5.41) is 9.31. The molecule has 4 aromatic carbocycles. The first-order valence-corrected chi connectivity index (χ1v) is 10.6. The van der Waals surface area contributed by atoms with Gasteiger partial charge in [0.2, 0.25) is 9.84 Å². The molecule has 6 heteroatoms. The van der Waals surface area contributed by atoms with Crippen molar-refractivity contribution < 1.29 is 23.0 Å². The van der Waals surface area contributed by atoms with Crippen LogP contribution >= 0.6 is 0 Å². The summed E-state index contributed by atoms with van der Waals surface area (Å²) in [5.41, 5.74) is 0. The van der Waals surface area contributed by atoms with Gasteiger partial charge in [-0.05, 0) is 84.9 Å². The van der Waals surface area contributed by atoms with E-state index in [2.05, 4.69) is 0 Å². The zero-order valence-corrected chi connectivity index (χ0v) is 16.6. The molecule has 0 atom stereocenters. The third kappa shape index (κ3) is 4.45. The number of phenols is 1. The Hall–Kier alpha value is -3.77. The molecule has 0 aliphatic heterocycles. The van der Waals surface area contributed by atoms with E-state index in [9.17, 15) is 13.5 Å². The zero-order chi connectivity index (χ0) is 21.0. The molecular formula is C24H18O5S. The van der Waals surface area contributed by atoms with Crippen LogP contribution in [-0.2, 0) is 9.84 Å². The molecular weight excluding hydrogens is 400 g/mol. The first-order valence-electron chi connectivity index (χ1n) is 9.16. The minimum atomic E-state index is -3.55. The van der Waals surface area contributed by atoms with Crippen molar-refractivity contribution in [2.45, 2.75) is 9.79 Å². The number of ether oxygens (including phenoxy) is 2. The molecule has 0 heterocycles. The maximum atomic E-state index is 12.6. The number of sulfone groups is 1. The maximum absolute atomic E-state index is 12.6. The fraction of sp³-hybridized carbons (Fsp3) is 0. The van der Waals surface area contributed by atoms with Crippen LogP contribution in [0.3, 0.4) is 0 Å². The summed E-state index contributed by atoms with van der Waals surface area (Å²) in [5.74, 6) is 2.52. The molecule has 0 aromatic heterocycles. The van der Waals surface area contributed by atoms with Crippen molar-refractivity contribution in [1.29, 1.82) is 0 Å². The summed E-state index contributed by atoms with van der Waals surface area (Å²) < 4.78 is 36.8. The van der Waals surface area contributed by atoms with Crippen LogP contribution < -0.4 is 9.47 Å². The summed E-state index contributed by atoms with van der Waals surface area (Å²) >= 11 is 0. The number of hydrogen-bond donors (Lipinski definition) is 1. The van der Waals surface area contributed by atoms with E-state index in [-0.39, 0.29) is 15.5 Å². The maximum Gasteiger partial charge on any atom is 0.206 e. The molecule has 1 N–H and O–H groups in total. The molecule has 0 saturated heterocycles. The summed E-state index contributed by atoms with van der Waals surface area (Å²) in [6, 6.07) is 28.1. The molecule has 0 unspecified atom stereocenters. The number of hydrogen-bond acceptors (Lipinski definition) is 5. The van der Waals surface area contributed by atoms with Crippen LogP contribution in [0.15, 0.2) is 113 Å². The fourth-order valence-electron chi connectivity index (χ4n) is 2.78. The van der Waals surface area contributed by atoms with E-state index in [4.69, 9.17) is 9.47 Å². The molecule has 0 bridgehead atoms. The van der Waals surface area contributed by atoms with Gasteiger partial charge in [-0.2, -0.15) is 0 Å². The molecule has 4 rings (SSSR count). The number of phenolic OH excluding ortho intramolecular Hbond substituents is 1. The van der Waals surface area contributed by atoms with Crippen molar-refractivity contribution in [3.05, 3.63) is 103 Å². The lowest BCUT2D eigenvalue weighted by molar-refractivity contribution is 0.461. The van der Waals surface area contributed by atoms with E-state index in [1.165, 1.54) is 12.1 Å². The van der Waals surface area contributed by atoms with Gasteiger partial charge in [-0.15, -0.1) is 0 Å². The Kier molecular flexibility index (Phi) is 5.41. The van der Waals surface area contributed by atoms with Gasteiger partial charge in [-0.1, -0.05) is 18.2 Å². The van der Waals surface area contributed by atoms with Gasteiger partial charge in [0.25, 0.3) is 0 Å². The molecule has 0 saturated carbocycles. The Bertz CT molecular complexity index is 1220. The van der Waals surface area contributed by atoms with Gasteiger partial charge < -0.3 is 14.6 Å². The van der Waals surface area contributed by atoms with E-state index in [1.807, 2.05) is 0 Å². The van der Waals surface area contributed by atoms with Gasteiger partial charge in [0.1, 0.15) is 28.7 Å². The minimum Gasteiger partial charge on any atom is -0.508 e. The van der Waals surface area contributed by atoms with Crippen molar-refractivity contribution in [3.8, 4) is 28.7 Å². The monoisotopic (exact) mass is 418 g/mol. The highest BCUT2D eigenvalue weighted by molar-refractivity contribution is 7.91. The third-order valence-corrected chi connectivity index (χ3v) is 6.10. The fourth-order valence-corrected chi connectivity index (χ4v) is 4.07. The lowest BCUT2D eigenvalue weighted by atomic mass is 10.3. The predicted molar refractivity (Wildman–Crippen MR) is 113 cm³/mol. The van der Waals surface area contributed by atoms with Gasteiger partial charge in [0.15, 0.2) is 0 Å². The largest absolute Gasteiger partial charge is 0.508 e. The van der Waals surface area contributed by atoms with Crippen LogP contribution in [0, 0.1) is 0 Å². The zero-order valence-electron chi connectivity index (χ0n) is 15.8. The smallest absolute Gasteiger partial charge is 0.206 e. The first-order chi connectivity index (χ1) is 14.5. The molecule has 150 valence electrons. The van der Waals surface area contributed by atoms with Gasteiger partial charge in [-0.25, -0.2) is 8.42 Å². The Balaban J connectivity index is 1.44. The molecule has 5 nitrogen and oxygen atoms in total. The Morgan fingerprint density at radius 1 is 0.500 bits per heavy atom. The molecule has 0 spiro atoms. The number of aromatic hydroxyl groups is 1. The second kappa shape index (κ2) is 8.31. The van der Waals surface area contributed by atoms with Crippen LogP contribution in [0.1, 0.15) is 0 Å². The first kappa shape index (κ1) is 19.5. The SMILES string of the molecule is O=S(=O)(c1ccccc1)c1ccc(Oc2ccc(Oc3ccc(O)cc3)cc2)cc1. The summed E-state index contributed by atoms with van der Waals surface area (Å²) in [6.07, 6.45) is 0. The van der Waals surface area contributed by atoms with Crippen LogP contribution in [0.25, 0.3) is 0 Å². The predicted octanol–water partition coefficient (Wildman–Crippen LogP) is 5.81. The average molecular weight is 418 g/mol. The van der Waals surface area contributed by atoms with Gasteiger partial charge in [-0.3, -0.25) is 0 Å². The second-order valence-electron chi connectivity index (χ2n) is 6.46. The molecule has 0 radical (unpaired) electrons. The van der Waals surface area contributed by atoms with E-state index >= 15 is 0 Å². The van der Waals surface area contributed by atoms with Gasteiger partial charge in [0.05, 0.1) is 9.79 Å². The quantitative estimate of drug-likeness (QED) is 0.428. The molecule has 0 aliphatic carbocycles. The second-order valence-corrected chi connectivity index (χ2v) is 8.41. The van der Waals surface area contributed by atoms with Crippen molar-refractivity contribution in [3.63, 3.8) is 0 Å². The Morgan fingerprint density at radius 2 is 0.867 bits per heavy atom. The van der Waals surface area contributed by atoms with Gasteiger partial charge in [0, 0.05) is 0 Å². The Morgan fingerprint density at radius 3 is 1.33 bits per heavy atom. The molecule has 4 aromatic rings. The molecule has 0 fully saturated rings. The number of benzene rings is 4. The van der Waals surface area contributed by atoms with Crippen LogP contribution in [0.4, 0.5) is 0 Å². The van der Waals surface area contributed by atoms with Crippen molar-refractivity contribution >= 4 is 9.84 Å². The molecule has 30 heavy (non-hydrogen) atoms. The van der Waals surface area contributed by atoms with Crippen LogP contribution in [-0.4, -0.2) is 13.5 Å². The standard InChI is InChI=1S/C24H18O5S/c25-18-6-8-19(9-7-18)28-20-10-12-21(13-11-20)29-22-14-16-24(17-15-22)30(26,27)23-4-2-1-3-5-23/h1-17,25H. The normalized spacial score (nSPS) is 11.1. The highest BCUT2D eigenvalue weighted by atomic mass is 32.2. The van der Waals surface area contributed by atoms with E-state index in [0.29, 0.717) is 23.0 Å². The highest BCUT2D eigenvalue weighted by Gasteiger charge is 2.17. The molecule has 0 amide bonds. The van der Waals surface area contributed by atoms with E-state index in [1.54, 1.807) is 91.0 Å². The van der Waals surface area contributed by atoms with E-state index < -0.39 is 9.84 Å². The van der Waals surface area contributed by atoms with E-state index in [0.717, 1.165) is 0 Å². The highest BCUT2D eigenvalue weighted by Crippen LogP contribution is 2.29. The lowest BCUT2D eigenvalue weighted by Gasteiger charge is -2.09. The average Bonchev–Trinajstić information content (AvgIpc) is 2.78. The van der Waals surface area contributed by atoms with Crippen molar-refractivity contribution in [1.82, 2.24) is 0 Å². The molecule has 0 aliphatic rings. The summed E-state index contributed by atoms with van der Waals surface area (Å²) in [7, 11) is -3.55.